The Morgan fingerprint density at radius 3 is 2.64 bits per heavy atom. The molecule has 2 rings (SSSR count). The molecule has 4 heteroatoms. The summed E-state index contributed by atoms with van der Waals surface area (Å²) >= 11 is 0. The van der Waals surface area contributed by atoms with Crippen molar-refractivity contribution in [2.24, 2.45) is 5.16 Å². The lowest BCUT2D eigenvalue weighted by Gasteiger charge is -2.04. The van der Waals surface area contributed by atoms with Crippen LogP contribution in [0.4, 0.5) is 0 Å². The van der Waals surface area contributed by atoms with Gasteiger partial charge in [0.1, 0.15) is 0 Å². The number of oxime groups is 1. The van der Waals surface area contributed by atoms with E-state index < -0.39 is 0 Å². The zero-order valence-corrected chi connectivity index (χ0v) is 12.4. The van der Waals surface area contributed by atoms with E-state index in [0.29, 0.717) is 17.9 Å². The smallest absolute Gasteiger partial charge is 0.161 e. The topological polar surface area (TPSA) is 62.0 Å². The van der Waals surface area contributed by atoms with Crippen LogP contribution in [0.2, 0.25) is 0 Å². The van der Waals surface area contributed by atoms with Crippen molar-refractivity contribution < 1.29 is 15.1 Å². The lowest BCUT2D eigenvalue weighted by atomic mass is 10.1. The normalized spacial score (nSPS) is 11.8. The summed E-state index contributed by atoms with van der Waals surface area (Å²) in [5, 5.41) is 22.0. The van der Waals surface area contributed by atoms with Gasteiger partial charge in [-0.3, -0.25) is 0 Å². The summed E-state index contributed by atoms with van der Waals surface area (Å²) in [5.41, 5.74) is 2.65. The Morgan fingerprint density at radius 1 is 1.18 bits per heavy atom. The minimum absolute atomic E-state index is 0.0970. The quantitative estimate of drug-likeness (QED) is 0.483. The molecule has 0 spiro atoms. The Bertz CT molecular complexity index is 663. The van der Waals surface area contributed by atoms with Crippen LogP contribution in [0.15, 0.2) is 59.8 Å². The molecule has 0 aliphatic carbocycles. The number of phenolic OH excluding ortho intramolecular Hbond substituents is 1. The number of methoxy groups -OCH3 is 1. The van der Waals surface area contributed by atoms with Crippen LogP contribution in [0.3, 0.4) is 0 Å². The number of rotatable bonds is 6. The second kappa shape index (κ2) is 7.88. The molecule has 114 valence electrons. The molecule has 0 saturated carbocycles. The van der Waals surface area contributed by atoms with E-state index in [2.05, 4.69) is 5.16 Å². The summed E-state index contributed by atoms with van der Waals surface area (Å²) in [6, 6.07) is 15.1. The molecule has 0 atom stereocenters. The van der Waals surface area contributed by atoms with Gasteiger partial charge in [0.2, 0.25) is 0 Å². The number of aromatic hydroxyl groups is 1. The third-order valence-electron chi connectivity index (χ3n) is 3.31. The van der Waals surface area contributed by atoms with Gasteiger partial charge < -0.3 is 15.1 Å². The molecular weight excluding hydrogens is 278 g/mol. The van der Waals surface area contributed by atoms with Gasteiger partial charge in [0.25, 0.3) is 0 Å². The summed E-state index contributed by atoms with van der Waals surface area (Å²) in [6.07, 6.45) is 5.03. The van der Waals surface area contributed by atoms with Gasteiger partial charge in [-0.25, -0.2) is 0 Å². The SMILES string of the molecule is COc1cc(/C=C/C(CCc2ccccc2)=NO)ccc1O. The van der Waals surface area contributed by atoms with Crippen LogP contribution >= 0.6 is 0 Å². The average molecular weight is 297 g/mol. The van der Waals surface area contributed by atoms with Crippen LogP contribution in [0.1, 0.15) is 17.5 Å². The first-order chi connectivity index (χ1) is 10.7. The van der Waals surface area contributed by atoms with Gasteiger partial charge in [0.05, 0.1) is 12.8 Å². The van der Waals surface area contributed by atoms with Crippen molar-refractivity contribution in [3.8, 4) is 11.5 Å². The summed E-state index contributed by atoms with van der Waals surface area (Å²) in [6.45, 7) is 0. The summed E-state index contributed by atoms with van der Waals surface area (Å²) < 4.78 is 5.06. The number of hydrogen-bond acceptors (Lipinski definition) is 4. The number of phenols is 1. The maximum atomic E-state index is 9.56. The van der Waals surface area contributed by atoms with Gasteiger partial charge in [-0.2, -0.15) is 0 Å². The molecule has 0 bridgehead atoms. The Kier molecular flexibility index (Phi) is 5.60. The van der Waals surface area contributed by atoms with Gasteiger partial charge in [0.15, 0.2) is 11.5 Å². The number of allylic oxidation sites excluding steroid dienone is 1. The lowest BCUT2D eigenvalue weighted by molar-refractivity contribution is 0.318. The fourth-order valence-corrected chi connectivity index (χ4v) is 2.07. The molecule has 0 radical (unpaired) electrons. The Morgan fingerprint density at radius 2 is 1.95 bits per heavy atom. The van der Waals surface area contributed by atoms with Crippen LogP contribution in [-0.4, -0.2) is 23.1 Å². The van der Waals surface area contributed by atoms with Crippen molar-refractivity contribution in [2.45, 2.75) is 12.8 Å². The molecule has 0 amide bonds. The van der Waals surface area contributed by atoms with E-state index in [4.69, 9.17) is 9.94 Å². The fraction of sp³-hybridized carbons (Fsp3) is 0.167. The number of nitrogens with zero attached hydrogens (tertiary/aromatic N) is 1. The van der Waals surface area contributed by atoms with E-state index in [1.807, 2.05) is 36.4 Å². The predicted octanol–water partition coefficient (Wildman–Crippen LogP) is 3.88. The second-order valence-electron chi connectivity index (χ2n) is 4.84. The molecule has 2 aromatic carbocycles. The van der Waals surface area contributed by atoms with Crippen LogP contribution in [0.25, 0.3) is 6.08 Å². The highest BCUT2D eigenvalue weighted by Crippen LogP contribution is 2.26. The molecule has 0 aliphatic heterocycles. The van der Waals surface area contributed by atoms with E-state index in [9.17, 15) is 5.11 Å². The van der Waals surface area contributed by atoms with E-state index in [1.54, 1.807) is 24.3 Å². The minimum atomic E-state index is 0.0970. The predicted molar refractivity (Wildman–Crippen MR) is 87.7 cm³/mol. The molecule has 0 aromatic heterocycles. The van der Waals surface area contributed by atoms with Crippen molar-refractivity contribution in [3.05, 3.63) is 65.7 Å². The molecule has 0 unspecified atom stereocenters. The highest BCUT2D eigenvalue weighted by atomic mass is 16.5. The van der Waals surface area contributed by atoms with Crippen molar-refractivity contribution in [3.63, 3.8) is 0 Å². The Balaban J connectivity index is 2.01. The Labute approximate surface area is 130 Å². The van der Waals surface area contributed by atoms with Crippen LogP contribution < -0.4 is 4.74 Å². The molecule has 0 fully saturated rings. The maximum Gasteiger partial charge on any atom is 0.161 e. The van der Waals surface area contributed by atoms with Crippen LogP contribution in [0, 0.1) is 0 Å². The zero-order chi connectivity index (χ0) is 15.8. The molecule has 0 heterocycles. The van der Waals surface area contributed by atoms with Gasteiger partial charge in [-0.15, -0.1) is 0 Å². The monoisotopic (exact) mass is 297 g/mol. The number of benzene rings is 2. The Hall–Kier alpha value is -2.75. The zero-order valence-electron chi connectivity index (χ0n) is 12.4. The van der Waals surface area contributed by atoms with Crippen molar-refractivity contribution in [1.29, 1.82) is 0 Å². The number of ether oxygens (including phenoxy) is 1. The molecule has 0 saturated heterocycles. The van der Waals surface area contributed by atoms with E-state index in [-0.39, 0.29) is 5.75 Å². The maximum absolute atomic E-state index is 9.56. The molecule has 2 N–H and O–H groups in total. The highest BCUT2D eigenvalue weighted by molar-refractivity contribution is 5.98. The summed E-state index contributed by atoms with van der Waals surface area (Å²) in [4.78, 5) is 0. The first-order valence-electron chi connectivity index (χ1n) is 7.03. The van der Waals surface area contributed by atoms with Gasteiger partial charge >= 0.3 is 0 Å². The second-order valence-corrected chi connectivity index (χ2v) is 4.84. The largest absolute Gasteiger partial charge is 0.504 e. The lowest BCUT2D eigenvalue weighted by Crippen LogP contribution is -1.97. The third-order valence-corrected chi connectivity index (χ3v) is 3.31. The molecule has 2 aromatic rings. The molecule has 22 heavy (non-hydrogen) atoms. The molecular formula is C18H19NO3. The van der Waals surface area contributed by atoms with Crippen molar-refractivity contribution in [1.82, 2.24) is 0 Å². The van der Waals surface area contributed by atoms with E-state index in [1.165, 1.54) is 12.7 Å². The summed E-state index contributed by atoms with van der Waals surface area (Å²) in [5.74, 6) is 0.508. The number of aryl methyl sites for hydroxylation is 1. The first kappa shape index (κ1) is 15.6. The van der Waals surface area contributed by atoms with Gasteiger partial charge in [-0.05, 0) is 42.2 Å². The van der Waals surface area contributed by atoms with Crippen molar-refractivity contribution in [2.75, 3.05) is 7.11 Å². The third kappa shape index (κ3) is 4.38. The number of hydrogen-bond donors (Lipinski definition) is 2. The fourth-order valence-electron chi connectivity index (χ4n) is 2.07. The van der Waals surface area contributed by atoms with Crippen LogP contribution in [0.5, 0.6) is 11.5 Å². The average Bonchev–Trinajstić information content (AvgIpc) is 2.57. The van der Waals surface area contributed by atoms with Crippen molar-refractivity contribution >= 4 is 11.8 Å². The standard InChI is InChI=1S/C18H19NO3/c1-22-18-13-15(9-12-17(18)20)8-11-16(19-21)10-7-14-5-3-2-4-6-14/h2-6,8-9,11-13,20-21H,7,10H2,1H3/b11-8+,19-16?. The van der Waals surface area contributed by atoms with Gasteiger partial charge in [-0.1, -0.05) is 47.6 Å². The molecule has 0 aliphatic rings. The van der Waals surface area contributed by atoms with Gasteiger partial charge in [0, 0.05) is 0 Å². The highest BCUT2D eigenvalue weighted by Gasteiger charge is 2.02. The van der Waals surface area contributed by atoms with Crippen LogP contribution in [-0.2, 0) is 6.42 Å². The minimum Gasteiger partial charge on any atom is -0.504 e. The molecule has 4 nitrogen and oxygen atoms in total. The first-order valence-corrected chi connectivity index (χ1v) is 7.03. The summed E-state index contributed by atoms with van der Waals surface area (Å²) in [7, 11) is 1.50. The van der Waals surface area contributed by atoms with E-state index >= 15 is 0 Å². The van der Waals surface area contributed by atoms with E-state index in [0.717, 1.165) is 12.0 Å².